The van der Waals surface area contributed by atoms with E-state index in [4.69, 9.17) is 0 Å². The van der Waals surface area contributed by atoms with Crippen molar-refractivity contribution in [3.8, 4) is 0 Å². The van der Waals surface area contributed by atoms with Gasteiger partial charge in [0.1, 0.15) is 0 Å². The molecule has 0 fully saturated rings. The first-order valence-electron chi connectivity index (χ1n) is 7.41. The lowest BCUT2D eigenvalue weighted by molar-refractivity contribution is 0.531. The zero-order valence-electron chi connectivity index (χ0n) is 13.1. The van der Waals surface area contributed by atoms with Gasteiger partial charge < -0.3 is 5.32 Å². The summed E-state index contributed by atoms with van der Waals surface area (Å²) in [5.74, 6) is 1.18. The highest BCUT2D eigenvalue weighted by Crippen LogP contribution is 2.16. The lowest BCUT2D eigenvalue weighted by Crippen LogP contribution is -2.35. The third kappa shape index (κ3) is 6.00. The molecule has 0 saturated carbocycles. The fraction of sp³-hybridized carbons (Fsp3) is 0.800. The average molecular weight is 283 g/mol. The summed E-state index contributed by atoms with van der Waals surface area (Å²) in [5, 5.41) is 8.86. The van der Waals surface area contributed by atoms with Crippen molar-refractivity contribution in [3.05, 3.63) is 17.5 Å². The van der Waals surface area contributed by atoms with Crippen LogP contribution in [0, 0.1) is 6.92 Å². The van der Waals surface area contributed by atoms with Gasteiger partial charge in [-0.2, -0.15) is 16.9 Å². The zero-order chi connectivity index (χ0) is 14.3. The molecule has 0 aromatic carbocycles. The molecule has 1 aromatic rings. The molecular formula is C15H29N3S. The van der Waals surface area contributed by atoms with E-state index in [1.165, 1.54) is 24.3 Å². The number of rotatable bonds is 9. The molecule has 0 radical (unpaired) electrons. The smallest absolute Gasteiger partial charge is 0.0596 e. The van der Waals surface area contributed by atoms with Gasteiger partial charge in [-0.1, -0.05) is 20.8 Å². The number of nitrogens with one attached hydrogen (secondary N) is 1. The Balaban J connectivity index is 2.55. The summed E-state index contributed by atoms with van der Waals surface area (Å²) in [6, 6.07) is 2.75. The number of hydrogen-bond donors (Lipinski definition) is 1. The molecule has 1 aromatic heterocycles. The van der Waals surface area contributed by atoms with Crippen LogP contribution in [-0.2, 0) is 13.5 Å². The van der Waals surface area contributed by atoms with Crippen molar-refractivity contribution in [2.45, 2.75) is 58.2 Å². The highest BCUT2D eigenvalue weighted by Gasteiger charge is 2.13. The van der Waals surface area contributed by atoms with Crippen molar-refractivity contribution in [1.82, 2.24) is 15.1 Å². The minimum Gasteiger partial charge on any atom is -0.313 e. The molecule has 0 saturated heterocycles. The Morgan fingerprint density at radius 2 is 2.16 bits per heavy atom. The Bertz CT molecular complexity index is 362. The maximum absolute atomic E-state index is 4.44. The Labute approximate surface area is 122 Å². The minimum absolute atomic E-state index is 0.550. The van der Waals surface area contributed by atoms with Crippen LogP contribution in [0.25, 0.3) is 0 Å². The summed E-state index contributed by atoms with van der Waals surface area (Å²) in [4.78, 5) is 0. The summed E-state index contributed by atoms with van der Waals surface area (Å²) in [6.07, 6.45) is 3.51. The van der Waals surface area contributed by atoms with Gasteiger partial charge in [-0.25, -0.2) is 0 Å². The van der Waals surface area contributed by atoms with E-state index >= 15 is 0 Å². The van der Waals surface area contributed by atoms with Gasteiger partial charge in [0.2, 0.25) is 0 Å². The zero-order valence-corrected chi connectivity index (χ0v) is 13.9. The second kappa shape index (κ2) is 8.64. The number of thioether (sulfide) groups is 1. The molecule has 0 spiro atoms. The average Bonchev–Trinajstić information content (AvgIpc) is 2.70. The highest BCUT2D eigenvalue weighted by molar-refractivity contribution is 7.99. The molecule has 4 heteroatoms. The molecule has 19 heavy (non-hydrogen) atoms. The largest absolute Gasteiger partial charge is 0.313 e. The van der Waals surface area contributed by atoms with Crippen molar-refractivity contribution in [2.75, 3.05) is 12.3 Å². The van der Waals surface area contributed by atoms with E-state index in [1.807, 2.05) is 11.7 Å². The lowest BCUT2D eigenvalue weighted by Gasteiger charge is -2.20. The predicted molar refractivity (Wildman–Crippen MR) is 85.9 cm³/mol. The van der Waals surface area contributed by atoms with Gasteiger partial charge in [0.05, 0.1) is 5.69 Å². The number of aryl methyl sites for hydroxylation is 2. The monoisotopic (exact) mass is 283 g/mol. The fourth-order valence-corrected chi connectivity index (χ4v) is 3.08. The molecule has 2 atom stereocenters. The van der Waals surface area contributed by atoms with Crippen LogP contribution in [0.3, 0.4) is 0 Å². The molecule has 2 unspecified atom stereocenters. The van der Waals surface area contributed by atoms with Crippen LogP contribution in [0.5, 0.6) is 0 Å². The maximum atomic E-state index is 4.44. The van der Waals surface area contributed by atoms with E-state index in [9.17, 15) is 0 Å². The lowest BCUT2D eigenvalue weighted by atomic mass is 10.1. The van der Waals surface area contributed by atoms with Crippen LogP contribution in [0.4, 0.5) is 0 Å². The van der Waals surface area contributed by atoms with Crippen molar-refractivity contribution in [3.63, 3.8) is 0 Å². The summed E-state index contributed by atoms with van der Waals surface area (Å²) in [5.41, 5.74) is 2.44. The summed E-state index contributed by atoms with van der Waals surface area (Å²) < 4.78 is 2.02. The molecule has 1 heterocycles. The van der Waals surface area contributed by atoms with E-state index in [-0.39, 0.29) is 0 Å². The van der Waals surface area contributed by atoms with Gasteiger partial charge in [-0.05, 0) is 32.4 Å². The van der Waals surface area contributed by atoms with Gasteiger partial charge in [0, 0.05) is 36.2 Å². The molecule has 0 aliphatic heterocycles. The molecule has 110 valence electrons. The van der Waals surface area contributed by atoms with E-state index in [2.05, 4.69) is 55.9 Å². The quantitative estimate of drug-likeness (QED) is 0.755. The third-order valence-electron chi connectivity index (χ3n) is 3.39. The first kappa shape index (κ1) is 16.6. The predicted octanol–water partition coefficient (Wildman–Crippen LogP) is 3.17. The minimum atomic E-state index is 0.550. The Morgan fingerprint density at radius 1 is 1.42 bits per heavy atom. The Hall–Kier alpha value is -0.480. The van der Waals surface area contributed by atoms with Crippen molar-refractivity contribution in [1.29, 1.82) is 0 Å². The fourth-order valence-electron chi connectivity index (χ4n) is 2.04. The van der Waals surface area contributed by atoms with Crippen molar-refractivity contribution >= 4 is 11.8 Å². The van der Waals surface area contributed by atoms with Gasteiger partial charge in [0.25, 0.3) is 0 Å². The maximum Gasteiger partial charge on any atom is 0.0596 e. The summed E-state index contributed by atoms with van der Waals surface area (Å²) >= 11 is 2.07. The van der Waals surface area contributed by atoms with E-state index < -0.39 is 0 Å². The second-order valence-corrected chi connectivity index (χ2v) is 6.78. The molecule has 0 aliphatic carbocycles. The van der Waals surface area contributed by atoms with Crippen LogP contribution in [0.1, 0.15) is 45.0 Å². The van der Waals surface area contributed by atoms with Crippen LogP contribution in [0.2, 0.25) is 0 Å². The van der Waals surface area contributed by atoms with Crippen LogP contribution >= 0.6 is 11.8 Å². The van der Waals surface area contributed by atoms with Crippen LogP contribution in [0.15, 0.2) is 6.07 Å². The molecule has 1 rings (SSSR count). The third-order valence-corrected chi connectivity index (χ3v) is 4.89. The van der Waals surface area contributed by atoms with Crippen molar-refractivity contribution < 1.29 is 0 Å². The molecule has 1 N–H and O–H groups in total. The first-order valence-corrected chi connectivity index (χ1v) is 8.46. The molecule has 0 bridgehead atoms. The van der Waals surface area contributed by atoms with E-state index in [0.717, 1.165) is 23.9 Å². The normalized spacial score (nSPS) is 14.6. The Morgan fingerprint density at radius 3 is 2.68 bits per heavy atom. The van der Waals surface area contributed by atoms with Gasteiger partial charge in [-0.15, -0.1) is 0 Å². The summed E-state index contributed by atoms with van der Waals surface area (Å²) in [7, 11) is 2.04. The second-order valence-electron chi connectivity index (χ2n) is 5.31. The molecule has 0 aliphatic rings. The number of aromatic nitrogens is 2. The Kier molecular flexibility index (Phi) is 7.54. The molecule has 3 nitrogen and oxygen atoms in total. The molecule has 0 amide bonds. The van der Waals surface area contributed by atoms with Crippen LogP contribution < -0.4 is 5.32 Å². The molecular weight excluding hydrogens is 254 g/mol. The topological polar surface area (TPSA) is 29.9 Å². The summed E-state index contributed by atoms with van der Waals surface area (Å²) in [6.45, 7) is 9.96. The highest BCUT2D eigenvalue weighted by atomic mass is 32.2. The van der Waals surface area contributed by atoms with E-state index in [1.54, 1.807) is 0 Å². The van der Waals surface area contributed by atoms with Gasteiger partial charge in [-0.3, -0.25) is 4.68 Å². The van der Waals surface area contributed by atoms with Gasteiger partial charge in [0.15, 0.2) is 0 Å². The van der Waals surface area contributed by atoms with Crippen LogP contribution in [-0.4, -0.2) is 33.4 Å². The van der Waals surface area contributed by atoms with Crippen molar-refractivity contribution in [2.24, 2.45) is 7.05 Å². The standard InChI is InChI=1S/C15H29N3S/c1-6-8-16-14(11-19-13(4)7-2)10-15-9-12(3)17-18(15)5/h9,13-14,16H,6-8,10-11H2,1-5H3. The number of hydrogen-bond acceptors (Lipinski definition) is 3. The first-order chi connectivity index (χ1) is 9.06. The SMILES string of the molecule is CCCNC(CSC(C)CC)Cc1cc(C)nn1C. The van der Waals surface area contributed by atoms with E-state index in [0.29, 0.717) is 6.04 Å². The number of nitrogens with zero attached hydrogens (tertiary/aromatic N) is 2. The van der Waals surface area contributed by atoms with Gasteiger partial charge >= 0.3 is 0 Å².